The van der Waals surface area contributed by atoms with Crippen LogP contribution in [0.4, 0.5) is 0 Å². The molecular formula is C20H22ClCuNO2S. The van der Waals surface area contributed by atoms with Gasteiger partial charge in [-0.15, -0.1) is 0 Å². The van der Waals surface area contributed by atoms with Crippen molar-refractivity contribution in [1.29, 1.82) is 0 Å². The van der Waals surface area contributed by atoms with Crippen molar-refractivity contribution in [3.05, 3.63) is 70.7 Å². The van der Waals surface area contributed by atoms with Gasteiger partial charge in [0.05, 0.1) is 5.56 Å². The Morgan fingerprint density at radius 3 is 2.08 bits per heavy atom. The first-order valence-corrected chi connectivity index (χ1v) is 9.19. The van der Waals surface area contributed by atoms with Gasteiger partial charge in [-0.25, -0.2) is 4.79 Å². The summed E-state index contributed by atoms with van der Waals surface area (Å²) in [7, 11) is 0. The van der Waals surface area contributed by atoms with Gasteiger partial charge >= 0.3 is 5.97 Å². The van der Waals surface area contributed by atoms with Crippen LogP contribution in [0.1, 0.15) is 48.0 Å². The summed E-state index contributed by atoms with van der Waals surface area (Å²) in [6, 6.07) is 16.8. The Bertz CT molecular complexity index is 689. The van der Waals surface area contributed by atoms with Gasteiger partial charge in [-0.3, -0.25) is 0 Å². The Kier molecular flexibility index (Phi) is 10.5. The van der Waals surface area contributed by atoms with Gasteiger partial charge in [-0.2, -0.15) is 0 Å². The van der Waals surface area contributed by atoms with Crippen molar-refractivity contribution < 1.29 is 27.0 Å². The van der Waals surface area contributed by atoms with E-state index in [9.17, 15) is 4.79 Å². The maximum Gasteiger partial charge on any atom is 0.335 e. The number of thiocarbonyl (C=S) groups is 1. The molecule has 1 aliphatic rings. The van der Waals surface area contributed by atoms with E-state index in [2.05, 4.69) is 17.4 Å². The first-order valence-electron chi connectivity index (χ1n) is 8.41. The van der Waals surface area contributed by atoms with Crippen molar-refractivity contribution >= 4 is 34.8 Å². The maximum atomic E-state index is 10.3. The number of hydrogen-bond donors (Lipinski definition) is 2. The predicted molar refractivity (Wildman–Crippen MR) is 107 cm³/mol. The molecule has 6 heteroatoms. The second kappa shape index (κ2) is 12.1. The molecule has 0 amide bonds. The van der Waals surface area contributed by atoms with E-state index in [4.69, 9.17) is 28.9 Å². The Balaban J connectivity index is 0.000000270. The monoisotopic (exact) mass is 438 g/mol. The van der Waals surface area contributed by atoms with Crippen LogP contribution in [-0.2, 0) is 17.1 Å². The van der Waals surface area contributed by atoms with Gasteiger partial charge in [0.1, 0.15) is 4.99 Å². The SMILES string of the molecule is O=C(O)c1ccc(Cl)cc1.S=C(NC1CCCCC1)c1ccccc1.[Cu]. The number of hydrogen-bond acceptors (Lipinski definition) is 2. The van der Waals surface area contributed by atoms with Gasteiger partial charge in [0.2, 0.25) is 0 Å². The van der Waals surface area contributed by atoms with Gasteiger partial charge < -0.3 is 10.4 Å². The Hall–Kier alpha value is -1.39. The van der Waals surface area contributed by atoms with Crippen LogP contribution >= 0.6 is 23.8 Å². The van der Waals surface area contributed by atoms with Crippen LogP contribution in [-0.4, -0.2) is 22.1 Å². The Labute approximate surface area is 175 Å². The van der Waals surface area contributed by atoms with Gasteiger partial charge in [0, 0.05) is 33.7 Å². The van der Waals surface area contributed by atoms with Crippen LogP contribution in [0.5, 0.6) is 0 Å². The topological polar surface area (TPSA) is 49.3 Å². The molecule has 0 heterocycles. The second-order valence-electron chi connectivity index (χ2n) is 5.99. The van der Waals surface area contributed by atoms with Crippen molar-refractivity contribution in [3.8, 4) is 0 Å². The molecule has 1 aliphatic carbocycles. The standard InChI is InChI=1S/C13H17NS.C7H5ClO2.Cu/c15-13(11-7-3-1-4-8-11)14-12-9-5-2-6-10-12;8-6-3-1-5(2-4-6)7(9)10;/h1,3-4,7-8,12H,2,5-6,9-10H2,(H,14,15);1-4H,(H,9,10);. The summed E-state index contributed by atoms with van der Waals surface area (Å²) in [6.45, 7) is 0. The first-order chi connectivity index (χ1) is 12.1. The molecule has 2 N–H and O–H groups in total. The number of rotatable bonds is 3. The van der Waals surface area contributed by atoms with E-state index in [0.717, 1.165) is 10.6 Å². The molecule has 3 nitrogen and oxygen atoms in total. The Morgan fingerprint density at radius 1 is 0.962 bits per heavy atom. The largest absolute Gasteiger partial charge is 0.478 e. The minimum absolute atomic E-state index is 0. The van der Waals surface area contributed by atoms with E-state index in [1.54, 1.807) is 12.1 Å². The quantitative estimate of drug-likeness (QED) is 0.502. The van der Waals surface area contributed by atoms with Crippen molar-refractivity contribution in [3.63, 3.8) is 0 Å². The normalized spacial score (nSPS) is 13.6. The molecule has 3 rings (SSSR count). The third-order valence-electron chi connectivity index (χ3n) is 4.07. The molecule has 0 unspecified atom stereocenters. The third-order valence-corrected chi connectivity index (χ3v) is 4.67. The molecule has 0 aromatic heterocycles. The van der Waals surface area contributed by atoms with Crippen molar-refractivity contribution in [2.45, 2.75) is 38.1 Å². The summed E-state index contributed by atoms with van der Waals surface area (Å²) >= 11 is 10.9. The zero-order valence-electron chi connectivity index (χ0n) is 14.3. The van der Waals surface area contributed by atoms with E-state index in [-0.39, 0.29) is 22.6 Å². The van der Waals surface area contributed by atoms with Gasteiger partial charge in [0.15, 0.2) is 0 Å². The zero-order valence-corrected chi connectivity index (χ0v) is 16.8. The number of aromatic carboxylic acids is 1. The number of carbonyl (C=O) groups is 1. The molecule has 143 valence electrons. The molecular weight excluding hydrogens is 417 g/mol. The zero-order chi connectivity index (χ0) is 18.1. The molecule has 1 saturated carbocycles. The van der Waals surface area contributed by atoms with E-state index >= 15 is 0 Å². The smallest absolute Gasteiger partial charge is 0.335 e. The van der Waals surface area contributed by atoms with Gasteiger partial charge in [-0.05, 0) is 37.1 Å². The molecule has 1 radical (unpaired) electrons. The molecule has 26 heavy (non-hydrogen) atoms. The average Bonchev–Trinajstić information content (AvgIpc) is 2.64. The molecule has 0 atom stereocenters. The fourth-order valence-electron chi connectivity index (χ4n) is 2.70. The van der Waals surface area contributed by atoms with E-state index in [1.165, 1.54) is 44.2 Å². The van der Waals surface area contributed by atoms with Crippen LogP contribution in [0.3, 0.4) is 0 Å². The number of benzene rings is 2. The molecule has 0 spiro atoms. The summed E-state index contributed by atoms with van der Waals surface area (Å²) in [5, 5.41) is 12.4. The van der Waals surface area contributed by atoms with Crippen LogP contribution in [0.25, 0.3) is 0 Å². The summed E-state index contributed by atoms with van der Waals surface area (Å²) in [4.78, 5) is 11.2. The summed E-state index contributed by atoms with van der Waals surface area (Å²) in [5.74, 6) is -0.934. The van der Waals surface area contributed by atoms with Crippen LogP contribution in [0.15, 0.2) is 54.6 Å². The second-order valence-corrected chi connectivity index (χ2v) is 6.83. The van der Waals surface area contributed by atoms with Crippen molar-refractivity contribution in [2.24, 2.45) is 0 Å². The van der Waals surface area contributed by atoms with Gasteiger partial charge in [0.25, 0.3) is 0 Å². The molecule has 2 aromatic rings. The third kappa shape index (κ3) is 7.88. The number of carboxylic acid groups (broad SMARTS) is 1. The molecule has 0 bridgehead atoms. The number of nitrogens with one attached hydrogen (secondary N) is 1. The predicted octanol–water partition coefficient (Wildman–Crippen LogP) is 5.32. The van der Waals surface area contributed by atoms with Crippen LogP contribution < -0.4 is 5.32 Å². The number of carboxylic acids is 1. The van der Waals surface area contributed by atoms with Crippen molar-refractivity contribution in [1.82, 2.24) is 5.32 Å². The average molecular weight is 439 g/mol. The van der Waals surface area contributed by atoms with E-state index in [0.29, 0.717) is 11.1 Å². The van der Waals surface area contributed by atoms with E-state index < -0.39 is 5.97 Å². The minimum atomic E-state index is -0.934. The summed E-state index contributed by atoms with van der Waals surface area (Å²) in [6.07, 6.45) is 6.61. The first kappa shape index (κ1) is 22.7. The van der Waals surface area contributed by atoms with Gasteiger partial charge in [-0.1, -0.05) is 73.4 Å². The minimum Gasteiger partial charge on any atom is -0.478 e. The summed E-state index contributed by atoms with van der Waals surface area (Å²) in [5.41, 5.74) is 1.39. The molecule has 0 aliphatic heterocycles. The summed E-state index contributed by atoms with van der Waals surface area (Å²) < 4.78 is 0. The number of halogens is 1. The Morgan fingerprint density at radius 2 is 1.54 bits per heavy atom. The van der Waals surface area contributed by atoms with Crippen LogP contribution in [0, 0.1) is 0 Å². The van der Waals surface area contributed by atoms with E-state index in [1.807, 2.05) is 18.2 Å². The maximum absolute atomic E-state index is 10.3. The molecule has 0 saturated heterocycles. The molecule has 1 fully saturated rings. The molecule has 2 aromatic carbocycles. The van der Waals surface area contributed by atoms with Crippen molar-refractivity contribution in [2.75, 3.05) is 0 Å². The fraction of sp³-hybridized carbons (Fsp3) is 0.300. The van der Waals surface area contributed by atoms with Crippen LogP contribution in [0.2, 0.25) is 5.02 Å². The fourth-order valence-corrected chi connectivity index (χ4v) is 3.13.